The minimum Gasteiger partial charge on any atom is -0.469 e. The number of aromatic amines is 1. The number of H-pyrrole nitrogens is 1. The minimum absolute atomic E-state index is 0.350. The van der Waals surface area contributed by atoms with Crippen LogP contribution in [0.2, 0.25) is 0 Å². The Morgan fingerprint density at radius 1 is 1.15 bits per heavy atom. The van der Waals surface area contributed by atoms with Crippen molar-refractivity contribution in [2.75, 3.05) is 0 Å². The highest BCUT2D eigenvalue weighted by Gasteiger charge is 2.22. The number of rotatable bonds is 2. The predicted octanol–water partition coefficient (Wildman–Crippen LogP) is 3.27. The fourth-order valence-electron chi connectivity index (χ4n) is 3.67. The summed E-state index contributed by atoms with van der Waals surface area (Å²) in [4.78, 5) is 28.2. The van der Waals surface area contributed by atoms with E-state index < -0.39 is 5.91 Å². The van der Waals surface area contributed by atoms with Crippen LogP contribution in [0, 0.1) is 12.8 Å². The molecular weight excluding hydrogens is 330 g/mol. The van der Waals surface area contributed by atoms with Crippen LogP contribution in [0.25, 0.3) is 10.9 Å². The lowest BCUT2D eigenvalue weighted by Gasteiger charge is -2.17. The molecule has 1 aromatic carbocycles. The molecule has 1 atom stereocenters. The van der Waals surface area contributed by atoms with Gasteiger partial charge < -0.3 is 9.40 Å². The maximum atomic E-state index is 12.6. The Morgan fingerprint density at radius 2 is 1.92 bits per heavy atom. The Bertz CT molecular complexity index is 999. The minimum atomic E-state index is -0.406. The van der Waals surface area contributed by atoms with Crippen LogP contribution in [0.3, 0.4) is 0 Å². The van der Waals surface area contributed by atoms with Crippen molar-refractivity contribution in [1.29, 1.82) is 0 Å². The average molecular weight is 351 g/mol. The summed E-state index contributed by atoms with van der Waals surface area (Å²) in [5, 5.41) is 1.09. The van der Waals surface area contributed by atoms with E-state index in [4.69, 9.17) is 4.42 Å². The fourth-order valence-corrected chi connectivity index (χ4v) is 3.67. The van der Waals surface area contributed by atoms with E-state index in [9.17, 15) is 9.59 Å². The summed E-state index contributed by atoms with van der Waals surface area (Å²) in [6.07, 6.45) is 4.62. The quantitative estimate of drug-likeness (QED) is 0.619. The van der Waals surface area contributed by atoms with E-state index in [0.717, 1.165) is 30.2 Å². The first-order chi connectivity index (χ1) is 12.5. The smallest absolute Gasteiger partial charge is 0.273 e. The number of carbonyl (C=O) groups is 2. The third kappa shape index (κ3) is 2.77. The van der Waals surface area contributed by atoms with Gasteiger partial charge in [0.1, 0.15) is 5.76 Å². The van der Waals surface area contributed by atoms with Gasteiger partial charge in [0.2, 0.25) is 0 Å². The third-order valence-electron chi connectivity index (χ3n) is 5.11. The van der Waals surface area contributed by atoms with E-state index in [2.05, 4.69) is 22.8 Å². The molecule has 2 aromatic heterocycles. The van der Waals surface area contributed by atoms with Crippen LogP contribution in [-0.4, -0.2) is 16.8 Å². The summed E-state index contributed by atoms with van der Waals surface area (Å²) in [5.74, 6) is 0.398. The molecule has 0 radical (unpaired) electrons. The van der Waals surface area contributed by atoms with Crippen molar-refractivity contribution in [2.24, 2.45) is 5.92 Å². The van der Waals surface area contributed by atoms with Gasteiger partial charge in [0.15, 0.2) is 0 Å². The number of benzene rings is 1. The van der Waals surface area contributed by atoms with Crippen molar-refractivity contribution in [2.45, 2.75) is 33.1 Å². The Balaban J connectivity index is 1.57. The number of nitrogens with one attached hydrogen (secondary N) is 3. The van der Waals surface area contributed by atoms with E-state index in [1.807, 2.05) is 12.1 Å². The van der Waals surface area contributed by atoms with Crippen LogP contribution in [0.1, 0.15) is 51.1 Å². The van der Waals surface area contributed by atoms with Gasteiger partial charge in [-0.2, -0.15) is 0 Å². The molecule has 2 heterocycles. The molecule has 1 aliphatic carbocycles. The van der Waals surface area contributed by atoms with E-state index in [-0.39, 0.29) is 5.91 Å². The summed E-state index contributed by atoms with van der Waals surface area (Å²) < 4.78 is 5.11. The maximum Gasteiger partial charge on any atom is 0.273 e. The number of hydrogen-bond donors (Lipinski definition) is 3. The Hall–Kier alpha value is -3.02. The van der Waals surface area contributed by atoms with E-state index in [0.29, 0.717) is 22.8 Å². The van der Waals surface area contributed by atoms with Gasteiger partial charge in [0, 0.05) is 11.1 Å². The van der Waals surface area contributed by atoms with Crippen LogP contribution in [0.15, 0.2) is 34.9 Å². The second kappa shape index (κ2) is 6.37. The van der Waals surface area contributed by atoms with Crippen molar-refractivity contribution >= 4 is 22.7 Å². The normalized spacial score (nSPS) is 16.3. The van der Waals surface area contributed by atoms with E-state index in [1.165, 1.54) is 17.5 Å². The summed E-state index contributed by atoms with van der Waals surface area (Å²) in [7, 11) is 0. The number of para-hydroxylation sites is 1. The Labute approximate surface area is 150 Å². The van der Waals surface area contributed by atoms with Crippen molar-refractivity contribution in [3.8, 4) is 0 Å². The third-order valence-corrected chi connectivity index (χ3v) is 5.11. The second-order valence-corrected chi connectivity index (χ2v) is 6.96. The lowest BCUT2D eigenvalue weighted by atomic mass is 9.87. The molecule has 6 heteroatoms. The molecule has 0 saturated carbocycles. The molecule has 0 saturated heterocycles. The van der Waals surface area contributed by atoms with Gasteiger partial charge in [-0.15, -0.1) is 0 Å². The van der Waals surface area contributed by atoms with Gasteiger partial charge in [-0.05, 0) is 49.8 Å². The first kappa shape index (κ1) is 16.4. The van der Waals surface area contributed by atoms with Crippen LogP contribution in [0.4, 0.5) is 0 Å². The molecule has 26 heavy (non-hydrogen) atoms. The monoisotopic (exact) mass is 351 g/mol. The van der Waals surface area contributed by atoms with Gasteiger partial charge in [0.05, 0.1) is 22.9 Å². The lowest BCUT2D eigenvalue weighted by Crippen LogP contribution is -2.41. The van der Waals surface area contributed by atoms with Crippen molar-refractivity contribution in [1.82, 2.24) is 15.8 Å². The van der Waals surface area contributed by atoms with E-state index >= 15 is 0 Å². The molecule has 134 valence electrons. The number of hydrogen-bond acceptors (Lipinski definition) is 3. The van der Waals surface area contributed by atoms with Crippen LogP contribution >= 0.6 is 0 Å². The van der Waals surface area contributed by atoms with Gasteiger partial charge in [0.25, 0.3) is 11.8 Å². The number of aromatic nitrogens is 1. The van der Waals surface area contributed by atoms with Crippen molar-refractivity contribution in [3.63, 3.8) is 0 Å². The maximum absolute atomic E-state index is 12.6. The molecule has 0 bridgehead atoms. The van der Waals surface area contributed by atoms with Crippen LogP contribution in [0.5, 0.6) is 0 Å². The topological polar surface area (TPSA) is 87.1 Å². The lowest BCUT2D eigenvalue weighted by molar-refractivity contribution is 0.0846. The number of carbonyl (C=O) groups excluding carboxylic acids is 2. The van der Waals surface area contributed by atoms with Gasteiger partial charge in [-0.1, -0.05) is 19.1 Å². The molecule has 2 amide bonds. The molecule has 3 N–H and O–H groups in total. The zero-order valence-electron chi connectivity index (χ0n) is 14.8. The van der Waals surface area contributed by atoms with E-state index in [1.54, 1.807) is 19.1 Å². The van der Waals surface area contributed by atoms with Gasteiger partial charge in [-0.3, -0.25) is 20.4 Å². The molecule has 0 unspecified atom stereocenters. The van der Waals surface area contributed by atoms with Crippen molar-refractivity contribution in [3.05, 3.63) is 58.7 Å². The number of furan rings is 1. The highest BCUT2D eigenvalue weighted by molar-refractivity contribution is 6.07. The predicted molar refractivity (Wildman–Crippen MR) is 97.9 cm³/mol. The highest BCUT2D eigenvalue weighted by atomic mass is 16.3. The van der Waals surface area contributed by atoms with Crippen LogP contribution in [-0.2, 0) is 12.8 Å². The standard InChI is InChI=1S/C20H21N3O3/c1-11-6-7-17-16(10-11)14-4-3-5-15(18(14)21-17)20(25)23-22-19(24)13-8-9-26-12(13)2/h3-5,8-9,11,21H,6-7,10H2,1-2H3,(H,22,24)(H,23,25)/t11-/m0/s1. The molecule has 3 aromatic rings. The molecule has 6 nitrogen and oxygen atoms in total. The first-order valence-electron chi connectivity index (χ1n) is 8.82. The fraction of sp³-hybridized carbons (Fsp3) is 0.300. The molecule has 0 fully saturated rings. The molecule has 0 spiro atoms. The number of fused-ring (bicyclic) bond motifs is 3. The zero-order valence-corrected chi connectivity index (χ0v) is 14.8. The van der Waals surface area contributed by atoms with Crippen LogP contribution < -0.4 is 10.9 Å². The number of amides is 2. The zero-order chi connectivity index (χ0) is 18.3. The molecule has 4 rings (SSSR count). The molecule has 0 aliphatic heterocycles. The Kier molecular flexibility index (Phi) is 4.03. The highest BCUT2D eigenvalue weighted by Crippen LogP contribution is 2.32. The molecular formula is C20H21N3O3. The SMILES string of the molecule is Cc1occc1C(=O)NNC(=O)c1cccc2c3c([nH]c12)CC[C@H](C)C3. The van der Waals surface area contributed by atoms with Gasteiger partial charge in [-0.25, -0.2) is 0 Å². The largest absolute Gasteiger partial charge is 0.469 e. The second-order valence-electron chi connectivity index (χ2n) is 6.96. The number of aryl methyl sites for hydroxylation is 2. The molecule has 1 aliphatic rings. The summed E-state index contributed by atoms with van der Waals surface area (Å²) >= 11 is 0. The van der Waals surface area contributed by atoms with Gasteiger partial charge >= 0.3 is 0 Å². The Morgan fingerprint density at radius 3 is 2.65 bits per heavy atom. The summed E-state index contributed by atoms with van der Waals surface area (Å²) in [5.41, 5.74) is 9.22. The summed E-state index contributed by atoms with van der Waals surface area (Å²) in [6.45, 7) is 3.95. The summed E-state index contributed by atoms with van der Waals surface area (Å²) in [6, 6.07) is 7.26. The average Bonchev–Trinajstić information content (AvgIpc) is 3.22. The number of hydrazine groups is 1. The van der Waals surface area contributed by atoms with Crippen molar-refractivity contribution < 1.29 is 14.0 Å². The first-order valence-corrected chi connectivity index (χ1v) is 8.82.